The molecule has 182 valence electrons. The molecule has 2 aromatic heterocycles. The molecular weight excluding hydrogens is 465 g/mol. The van der Waals surface area contributed by atoms with E-state index in [1.807, 2.05) is 66.2 Å². The fourth-order valence-electron chi connectivity index (χ4n) is 4.00. The Morgan fingerprint density at radius 1 is 0.750 bits per heavy atom. The Bertz CT molecular complexity index is 1470. The van der Waals surface area contributed by atoms with Crippen molar-refractivity contribution in [2.24, 2.45) is 0 Å². The Balaban J connectivity index is 1.45. The predicted octanol–water partition coefficient (Wildman–Crippen LogP) is 7.01. The van der Waals surface area contributed by atoms with Crippen molar-refractivity contribution in [1.29, 1.82) is 0 Å². The highest BCUT2D eigenvalue weighted by molar-refractivity contribution is 5.70. The lowest BCUT2D eigenvalue weighted by atomic mass is 10.0. The van der Waals surface area contributed by atoms with Crippen molar-refractivity contribution in [3.05, 3.63) is 107 Å². The molecule has 0 N–H and O–H groups in total. The molecule has 2 heterocycles. The molecule has 5 rings (SSSR count). The van der Waals surface area contributed by atoms with Gasteiger partial charge < -0.3 is 4.42 Å². The number of hydrogen-bond acceptors (Lipinski definition) is 4. The molecule has 5 aromatic rings. The third-order valence-electron chi connectivity index (χ3n) is 5.93. The van der Waals surface area contributed by atoms with Crippen LogP contribution in [0.2, 0.25) is 0 Å². The standard InChI is InChI=1S/C28H23F3N4O/c1-18-3-14-25(15-4-18)35-26(17-24(34-35)13-16-27-33-32-19(2)36-27)22-7-5-20(6-8-22)21-9-11-23(12-10-21)28(29,30)31/h3-12,14-15,17H,13,16H2,1-2H3. The first kappa shape index (κ1) is 23.5. The molecular formula is C28H23F3N4O. The van der Waals surface area contributed by atoms with Crippen LogP contribution >= 0.6 is 0 Å². The summed E-state index contributed by atoms with van der Waals surface area (Å²) in [5.74, 6) is 1.10. The molecule has 0 saturated carbocycles. The van der Waals surface area contributed by atoms with Gasteiger partial charge in [-0.25, -0.2) is 4.68 Å². The van der Waals surface area contributed by atoms with E-state index in [2.05, 4.69) is 10.2 Å². The lowest BCUT2D eigenvalue weighted by Crippen LogP contribution is -2.03. The van der Waals surface area contributed by atoms with Crippen LogP contribution in [0.3, 0.4) is 0 Å². The minimum absolute atomic E-state index is 0.531. The Morgan fingerprint density at radius 3 is 1.94 bits per heavy atom. The number of halogens is 3. The van der Waals surface area contributed by atoms with Gasteiger partial charge in [0.05, 0.1) is 22.6 Å². The van der Waals surface area contributed by atoms with Gasteiger partial charge in [0.2, 0.25) is 11.8 Å². The second-order valence-corrected chi connectivity index (χ2v) is 8.64. The summed E-state index contributed by atoms with van der Waals surface area (Å²) in [6.07, 6.45) is -3.13. The fraction of sp³-hybridized carbons (Fsp3) is 0.179. The molecule has 0 fully saturated rings. The smallest absolute Gasteiger partial charge is 0.416 e. The van der Waals surface area contributed by atoms with E-state index in [0.29, 0.717) is 24.6 Å². The van der Waals surface area contributed by atoms with Crippen LogP contribution in [0.5, 0.6) is 0 Å². The highest BCUT2D eigenvalue weighted by atomic mass is 19.4. The van der Waals surface area contributed by atoms with Crippen molar-refractivity contribution in [1.82, 2.24) is 20.0 Å². The summed E-state index contributed by atoms with van der Waals surface area (Å²) in [6.45, 7) is 3.79. The third-order valence-corrected chi connectivity index (χ3v) is 5.93. The molecule has 0 amide bonds. The molecule has 8 heteroatoms. The van der Waals surface area contributed by atoms with Crippen molar-refractivity contribution in [2.45, 2.75) is 32.9 Å². The first-order valence-corrected chi connectivity index (χ1v) is 11.5. The van der Waals surface area contributed by atoms with Crippen LogP contribution < -0.4 is 0 Å². The molecule has 3 aromatic carbocycles. The first-order valence-electron chi connectivity index (χ1n) is 11.5. The summed E-state index contributed by atoms with van der Waals surface area (Å²) in [5, 5.41) is 12.8. The Hall–Kier alpha value is -4.20. The number of hydrogen-bond donors (Lipinski definition) is 0. The molecule has 0 saturated heterocycles. The molecule has 0 aliphatic heterocycles. The van der Waals surface area contributed by atoms with Gasteiger partial charge in [-0.3, -0.25) is 0 Å². The lowest BCUT2D eigenvalue weighted by molar-refractivity contribution is -0.137. The number of alkyl halides is 3. The van der Waals surface area contributed by atoms with Gasteiger partial charge in [-0.2, -0.15) is 18.3 Å². The minimum Gasteiger partial charge on any atom is -0.426 e. The van der Waals surface area contributed by atoms with Gasteiger partial charge in [-0.05, 0) is 48.4 Å². The van der Waals surface area contributed by atoms with Crippen LogP contribution in [0.15, 0.2) is 83.3 Å². The number of nitrogens with zero attached hydrogens (tertiary/aromatic N) is 4. The SMILES string of the molecule is Cc1ccc(-n2nc(CCc3nnc(C)o3)cc2-c2ccc(-c3ccc(C(F)(F)F)cc3)cc2)cc1. The summed E-state index contributed by atoms with van der Waals surface area (Å²) in [4.78, 5) is 0. The van der Waals surface area contributed by atoms with E-state index in [1.54, 1.807) is 6.92 Å². The van der Waals surface area contributed by atoms with Crippen LogP contribution in [0, 0.1) is 13.8 Å². The highest BCUT2D eigenvalue weighted by Gasteiger charge is 2.30. The zero-order chi connectivity index (χ0) is 25.3. The molecule has 0 radical (unpaired) electrons. The molecule has 0 atom stereocenters. The molecule has 0 aliphatic rings. The summed E-state index contributed by atoms with van der Waals surface area (Å²) in [7, 11) is 0. The van der Waals surface area contributed by atoms with Gasteiger partial charge in [-0.15, -0.1) is 10.2 Å². The minimum atomic E-state index is -4.35. The van der Waals surface area contributed by atoms with Gasteiger partial charge in [0.1, 0.15) is 0 Å². The number of rotatable bonds is 6. The van der Waals surface area contributed by atoms with Crippen molar-refractivity contribution >= 4 is 0 Å². The second kappa shape index (κ2) is 9.45. The normalized spacial score (nSPS) is 11.7. The van der Waals surface area contributed by atoms with Crippen LogP contribution in [-0.2, 0) is 19.0 Å². The van der Waals surface area contributed by atoms with E-state index in [1.165, 1.54) is 12.1 Å². The Labute approximate surface area is 206 Å². The van der Waals surface area contributed by atoms with Crippen LogP contribution in [0.25, 0.3) is 28.1 Å². The largest absolute Gasteiger partial charge is 0.426 e. The van der Waals surface area contributed by atoms with Gasteiger partial charge >= 0.3 is 6.18 Å². The molecule has 0 unspecified atom stereocenters. The topological polar surface area (TPSA) is 56.7 Å². The third kappa shape index (κ3) is 5.07. The average Bonchev–Trinajstić information content (AvgIpc) is 3.49. The van der Waals surface area contributed by atoms with Crippen LogP contribution in [0.4, 0.5) is 13.2 Å². The first-order chi connectivity index (χ1) is 17.3. The number of aromatic nitrogens is 4. The van der Waals surface area contributed by atoms with E-state index in [-0.39, 0.29) is 0 Å². The zero-order valence-corrected chi connectivity index (χ0v) is 19.8. The van der Waals surface area contributed by atoms with Gasteiger partial charge in [0.15, 0.2) is 0 Å². The average molecular weight is 489 g/mol. The van der Waals surface area contributed by atoms with Crippen molar-refractivity contribution in [3.8, 4) is 28.1 Å². The quantitative estimate of drug-likeness (QED) is 0.258. The summed E-state index contributed by atoms with van der Waals surface area (Å²) in [6, 6.07) is 23.1. The molecule has 0 aliphatic carbocycles. The molecule has 0 spiro atoms. The van der Waals surface area contributed by atoms with Gasteiger partial charge in [0.25, 0.3) is 0 Å². The van der Waals surface area contributed by atoms with E-state index >= 15 is 0 Å². The maximum atomic E-state index is 12.9. The lowest BCUT2D eigenvalue weighted by Gasteiger charge is -2.10. The van der Waals surface area contributed by atoms with Gasteiger partial charge in [0, 0.05) is 25.3 Å². The predicted molar refractivity (Wildman–Crippen MR) is 131 cm³/mol. The van der Waals surface area contributed by atoms with Gasteiger partial charge in [-0.1, -0.05) is 54.1 Å². The fourth-order valence-corrected chi connectivity index (χ4v) is 4.00. The molecule has 36 heavy (non-hydrogen) atoms. The van der Waals surface area contributed by atoms with E-state index in [0.717, 1.165) is 51.5 Å². The van der Waals surface area contributed by atoms with E-state index < -0.39 is 11.7 Å². The van der Waals surface area contributed by atoms with Crippen molar-refractivity contribution in [3.63, 3.8) is 0 Å². The second-order valence-electron chi connectivity index (χ2n) is 8.64. The Morgan fingerprint density at radius 2 is 1.36 bits per heavy atom. The summed E-state index contributed by atoms with van der Waals surface area (Å²) >= 11 is 0. The maximum absolute atomic E-state index is 12.9. The van der Waals surface area contributed by atoms with Crippen molar-refractivity contribution in [2.75, 3.05) is 0 Å². The molecule has 0 bridgehead atoms. The number of benzene rings is 3. The summed E-state index contributed by atoms with van der Waals surface area (Å²) < 4.78 is 46.1. The monoisotopic (exact) mass is 488 g/mol. The van der Waals surface area contributed by atoms with Crippen LogP contribution in [0.1, 0.15) is 28.6 Å². The Kier molecular flexibility index (Phi) is 6.18. The van der Waals surface area contributed by atoms with Crippen molar-refractivity contribution < 1.29 is 17.6 Å². The summed E-state index contributed by atoms with van der Waals surface area (Å²) in [5.41, 5.74) is 5.72. The molecule has 5 nitrogen and oxygen atoms in total. The zero-order valence-electron chi connectivity index (χ0n) is 19.8. The van der Waals surface area contributed by atoms with Crippen LogP contribution in [-0.4, -0.2) is 20.0 Å². The van der Waals surface area contributed by atoms with E-state index in [9.17, 15) is 13.2 Å². The van der Waals surface area contributed by atoms with E-state index in [4.69, 9.17) is 9.52 Å². The maximum Gasteiger partial charge on any atom is 0.416 e. The highest BCUT2D eigenvalue weighted by Crippen LogP contribution is 2.32. The number of aryl methyl sites for hydroxylation is 4.